The first-order valence-electron chi connectivity index (χ1n) is 4.58. The Labute approximate surface area is 100 Å². The van der Waals surface area contributed by atoms with E-state index in [0.29, 0.717) is 11.3 Å². The number of hydrogen-bond donors (Lipinski definition) is 1. The summed E-state index contributed by atoms with van der Waals surface area (Å²) in [4.78, 5) is 10.7. The van der Waals surface area contributed by atoms with Crippen molar-refractivity contribution in [1.82, 2.24) is 5.16 Å². The number of carboxylic acids is 1. The number of aromatic nitrogens is 1. The first kappa shape index (κ1) is 10.9. The molecule has 0 saturated carbocycles. The molecule has 0 saturated heterocycles. The second-order valence-electron chi connectivity index (χ2n) is 3.24. The summed E-state index contributed by atoms with van der Waals surface area (Å²) in [6.07, 6.45) is 1.27. The van der Waals surface area contributed by atoms with Crippen LogP contribution in [-0.2, 0) is 11.2 Å². The fourth-order valence-electron chi connectivity index (χ4n) is 1.42. The molecule has 4 nitrogen and oxygen atoms in total. The van der Waals surface area contributed by atoms with Gasteiger partial charge >= 0.3 is 5.97 Å². The summed E-state index contributed by atoms with van der Waals surface area (Å²) in [7, 11) is 0. The molecule has 1 heterocycles. The molecule has 5 heteroatoms. The lowest BCUT2D eigenvalue weighted by Crippen LogP contribution is -2.00. The fraction of sp³-hybridized carbons (Fsp3) is 0.0909. The van der Waals surface area contributed by atoms with E-state index in [1.165, 1.54) is 6.26 Å². The molecule has 0 aliphatic rings. The number of hydrogen-bond acceptors (Lipinski definition) is 3. The van der Waals surface area contributed by atoms with Gasteiger partial charge in [0.15, 0.2) is 0 Å². The Hall–Kier alpha value is -1.62. The van der Waals surface area contributed by atoms with E-state index in [9.17, 15) is 4.79 Å². The van der Waals surface area contributed by atoms with Crippen LogP contribution in [-0.4, -0.2) is 16.2 Å². The van der Waals surface area contributed by atoms with Crippen LogP contribution in [0.3, 0.4) is 0 Å². The van der Waals surface area contributed by atoms with E-state index >= 15 is 0 Å². The van der Waals surface area contributed by atoms with Gasteiger partial charge in [0.1, 0.15) is 12.0 Å². The van der Waals surface area contributed by atoms with Crippen LogP contribution >= 0.6 is 15.9 Å². The van der Waals surface area contributed by atoms with Crippen molar-refractivity contribution in [1.29, 1.82) is 0 Å². The van der Waals surface area contributed by atoms with Crippen LogP contribution < -0.4 is 0 Å². The molecule has 0 atom stereocenters. The predicted octanol–water partition coefficient (Wildman–Crippen LogP) is 2.73. The number of nitrogens with zero attached hydrogens (tertiary/aromatic N) is 1. The van der Waals surface area contributed by atoms with Gasteiger partial charge in [-0.25, -0.2) is 0 Å². The standard InChI is InChI=1S/C11H8BrNO3/c12-9-4-2-1-3-8(9)11-7(5-10(14)15)6-16-13-11/h1-4,6H,5H2,(H,14,15). The van der Waals surface area contributed by atoms with Gasteiger partial charge in [0.05, 0.1) is 6.42 Å². The fourth-order valence-corrected chi connectivity index (χ4v) is 1.89. The maximum absolute atomic E-state index is 10.7. The van der Waals surface area contributed by atoms with Gasteiger partial charge < -0.3 is 9.63 Å². The Balaban J connectivity index is 2.45. The van der Waals surface area contributed by atoms with Gasteiger partial charge in [0.2, 0.25) is 0 Å². The van der Waals surface area contributed by atoms with Crippen molar-refractivity contribution in [2.45, 2.75) is 6.42 Å². The third kappa shape index (κ3) is 2.14. The van der Waals surface area contributed by atoms with Crippen molar-refractivity contribution in [3.63, 3.8) is 0 Å². The van der Waals surface area contributed by atoms with Crippen LogP contribution in [0.15, 0.2) is 39.5 Å². The molecule has 0 amide bonds. The van der Waals surface area contributed by atoms with Gasteiger partial charge in [-0.05, 0) is 6.07 Å². The molecular weight excluding hydrogens is 274 g/mol. The minimum Gasteiger partial charge on any atom is -0.481 e. The maximum Gasteiger partial charge on any atom is 0.308 e. The molecule has 1 aromatic heterocycles. The van der Waals surface area contributed by atoms with E-state index in [2.05, 4.69) is 21.1 Å². The van der Waals surface area contributed by atoms with E-state index in [-0.39, 0.29) is 6.42 Å². The second kappa shape index (κ2) is 4.49. The number of benzene rings is 1. The van der Waals surface area contributed by atoms with Crippen molar-refractivity contribution in [3.05, 3.63) is 40.6 Å². The molecule has 2 rings (SSSR count). The van der Waals surface area contributed by atoms with Crippen molar-refractivity contribution in [2.75, 3.05) is 0 Å². The van der Waals surface area contributed by atoms with Crippen LogP contribution in [0.1, 0.15) is 5.56 Å². The molecule has 0 aliphatic carbocycles. The van der Waals surface area contributed by atoms with Gasteiger partial charge in [-0.3, -0.25) is 4.79 Å². The summed E-state index contributed by atoms with van der Waals surface area (Å²) in [6, 6.07) is 7.46. The first-order valence-corrected chi connectivity index (χ1v) is 5.37. The van der Waals surface area contributed by atoms with Crippen LogP contribution in [0, 0.1) is 0 Å². The average Bonchev–Trinajstić information content (AvgIpc) is 2.66. The van der Waals surface area contributed by atoms with Crippen molar-refractivity contribution < 1.29 is 14.4 Å². The minimum absolute atomic E-state index is 0.0971. The summed E-state index contributed by atoms with van der Waals surface area (Å²) >= 11 is 3.39. The molecule has 1 aromatic carbocycles. The second-order valence-corrected chi connectivity index (χ2v) is 4.09. The van der Waals surface area contributed by atoms with Gasteiger partial charge in [-0.1, -0.05) is 39.3 Å². The van der Waals surface area contributed by atoms with Crippen molar-refractivity contribution in [3.8, 4) is 11.3 Å². The third-order valence-electron chi connectivity index (χ3n) is 2.11. The molecule has 82 valence electrons. The Morgan fingerprint density at radius 1 is 1.44 bits per heavy atom. The topological polar surface area (TPSA) is 63.3 Å². The zero-order valence-electron chi connectivity index (χ0n) is 8.18. The first-order chi connectivity index (χ1) is 7.68. The zero-order valence-corrected chi connectivity index (χ0v) is 9.77. The summed E-state index contributed by atoms with van der Waals surface area (Å²) in [5.74, 6) is -0.906. The SMILES string of the molecule is O=C(O)Cc1conc1-c1ccccc1Br. The van der Waals surface area contributed by atoms with Crippen LogP contribution in [0.25, 0.3) is 11.3 Å². The largest absolute Gasteiger partial charge is 0.481 e. The predicted molar refractivity (Wildman–Crippen MR) is 61.0 cm³/mol. The Kier molecular flexibility index (Phi) is 3.05. The summed E-state index contributed by atoms with van der Waals surface area (Å²) in [6.45, 7) is 0. The van der Waals surface area contributed by atoms with E-state index < -0.39 is 5.97 Å². The normalized spacial score (nSPS) is 10.3. The molecule has 0 radical (unpaired) electrons. The lowest BCUT2D eigenvalue weighted by Gasteiger charge is -2.01. The van der Waals surface area contributed by atoms with Gasteiger partial charge in [-0.2, -0.15) is 0 Å². The smallest absolute Gasteiger partial charge is 0.308 e. The van der Waals surface area contributed by atoms with E-state index in [0.717, 1.165) is 10.0 Å². The third-order valence-corrected chi connectivity index (χ3v) is 2.81. The van der Waals surface area contributed by atoms with Gasteiger partial charge in [0, 0.05) is 15.6 Å². The van der Waals surface area contributed by atoms with Crippen molar-refractivity contribution >= 4 is 21.9 Å². The lowest BCUT2D eigenvalue weighted by atomic mass is 10.1. The maximum atomic E-state index is 10.7. The van der Waals surface area contributed by atoms with Crippen LogP contribution in [0.5, 0.6) is 0 Å². The zero-order chi connectivity index (χ0) is 11.5. The van der Waals surface area contributed by atoms with Crippen LogP contribution in [0.2, 0.25) is 0 Å². The highest BCUT2D eigenvalue weighted by Crippen LogP contribution is 2.29. The summed E-state index contributed by atoms with van der Waals surface area (Å²) in [5, 5.41) is 12.6. The molecule has 0 spiro atoms. The highest BCUT2D eigenvalue weighted by molar-refractivity contribution is 9.10. The molecular formula is C11H8BrNO3. The molecule has 16 heavy (non-hydrogen) atoms. The van der Waals surface area contributed by atoms with Crippen LogP contribution in [0.4, 0.5) is 0 Å². The number of carboxylic acid groups (broad SMARTS) is 1. The Morgan fingerprint density at radius 3 is 2.88 bits per heavy atom. The summed E-state index contributed by atoms with van der Waals surface area (Å²) < 4.78 is 5.68. The van der Waals surface area contributed by atoms with Gasteiger partial charge in [-0.15, -0.1) is 0 Å². The number of rotatable bonds is 3. The molecule has 0 unspecified atom stereocenters. The molecule has 0 aliphatic heterocycles. The molecule has 0 fully saturated rings. The Bertz CT molecular complexity index is 521. The number of halogens is 1. The quantitative estimate of drug-likeness (QED) is 0.940. The minimum atomic E-state index is -0.906. The highest BCUT2D eigenvalue weighted by Gasteiger charge is 2.14. The average molecular weight is 282 g/mol. The number of aliphatic carboxylic acids is 1. The monoisotopic (exact) mass is 281 g/mol. The van der Waals surface area contributed by atoms with Gasteiger partial charge in [0.25, 0.3) is 0 Å². The molecule has 0 bridgehead atoms. The number of carbonyl (C=O) groups is 1. The molecule has 1 N–H and O–H groups in total. The highest BCUT2D eigenvalue weighted by atomic mass is 79.9. The lowest BCUT2D eigenvalue weighted by molar-refractivity contribution is -0.136. The Morgan fingerprint density at radius 2 is 2.19 bits per heavy atom. The van der Waals surface area contributed by atoms with E-state index in [4.69, 9.17) is 9.63 Å². The summed E-state index contributed by atoms with van der Waals surface area (Å²) in [5.41, 5.74) is 1.96. The van der Waals surface area contributed by atoms with Crippen molar-refractivity contribution in [2.24, 2.45) is 0 Å². The van der Waals surface area contributed by atoms with E-state index in [1.54, 1.807) is 0 Å². The van der Waals surface area contributed by atoms with E-state index in [1.807, 2.05) is 24.3 Å². The molecule has 2 aromatic rings.